The lowest BCUT2D eigenvalue weighted by atomic mass is 9.99. The third-order valence-corrected chi connectivity index (χ3v) is 2.58. The number of rotatable bonds is 2. The molecule has 76 valence electrons. The molecule has 2 aromatic carbocycles. The van der Waals surface area contributed by atoms with Crippen LogP contribution in [0.3, 0.4) is 0 Å². The number of aryl methyl sites for hydroxylation is 1. The third-order valence-electron chi connectivity index (χ3n) is 2.58. The normalized spacial score (nSPS) is 11.3. The number of hydrogen-bond acceptors (Lipinski definition) is 1. The highest BCUT2D eigenvalue weighted by molar-refractivity contribution is 5.91. The van der Waals surface area contributed by atoms with Crippen LogP contribution in [0.2, 0.25) is 0 Å². The molecule has 0 unspecified atom stereocenters. The maximum atomic E-state index is 8.80. The summed E-state index contributed by atoms with van der Waals surface area (Å²) in [5, 5.41) is 11.3. The van der Waals surface area contributed by atoms with Crippen molar-refractivity contribution in [3.63, 3.8) is 0 Å². The predicted octanol–water partition coefficient (Wildman–Crippen LogP) is 3.15. The third kappa shape index (κ3) is 1.92. The first-order valence-electron chi connectivity index (χ1n) is 5.08. The summed E-state index contributed by atoms with van der Waals surface area (Å²) in [5.74, 6) is 0. The highest BCUT2D eigenvalue weighted by Crippen LogP contribution is 2.23. The zero-order chi connectivity index (χ0) is 10.7. The summed E-state index contributed by atoms with van der Waals surface area (Å²) >= 11 is 0. The van der Waals surface area contributed by atoms with Gasteiger partial charge < -0.3 is 5.11 Å². The van der Waals surface area contributed by atoms with Gasteiger partial charge in [0.2, 0.25) is 0 Å². The van der Waals surface area contributed by atoms with E-state index in [1.807, 2.05) is 18.2 Å². The standard InChI is InChI=1S/C14H14O/c1-11-8-9-12-5-2-3-6-14(12)13(11)7-4-10-15/h2-9,15H,10H2,1H3/b7-4+. The Labute approximate surface area is 89.7 Å². The molecule has 15 heavy (non-hydrogen) atoms. The van der Waals surface area contributed by atoms with E-state index in [2.05, 4.69) is 31.2 Å². The monoisotopic (exact) mass is 198 g/mol. The summed E-state index contributed by atoms with van der Waals surface area (Å²) in [7, 11) is 0. The van der Waals surface area contributed by atoms with Gasteiger partial charge in [0.25, 0.3) is 0 Å². The van der Waals surface area contributed by atoms with E-state index in [9.17, 15) is 0 Å². The average Bonchev–Trinajstić information content (AvgIpc) is 2.28. The highest BCUT2D eigenvalue weighted by Gasteiger charge is 2.00. The van der Waals surface area contributed by atoms with Gasteiger partial charge in [-0.2, -0.15) is 0 Å². The molecule has 0 saturated carbocycles. The summed E-state index contributed by atoms with van der Waals surface area (Å²) in [4.78, 5) is 0. The first-order valence-corrected chi connectivity index (χ1v) is 5.08. The minimum atomic E-state index is 0.0860. The number of aliphatic hydroxyl groups is 1. The Kier molecular flexibility index (Phi) is 2.84. The Morgan fingerprint density at radius 3 is 2.73 bits per heavy atom. The molecule has 0 aliphatic heterocycles. The summed E-state index contributed by atoms with van der Waals surface area (Å²) in [6.07, 6.45) is 3.76. The first kappa shape index (κ1) is 9.94. The smallest absolute Gasteiger partial charge is 0.0615 e. The molecule has 0 aliphatic carbocycles. The van der Waals surface area contributed by atoms with Crippen LogP contribution in [-0.2, 0) is 0 Å². The van der Waals surface area contributed by atoms with E-state index < -0.39 is 0 Å². The Hall–Kier alpha value is -1.60. The zero-order valence-corrected chi connectivity index (χ0v) is 8.77. The van der Waals surface area contributed by atoms with Crippen molar-refractivity contribution in [1.29, 1.82) is 0 Å². The molecule has 0 spiro atoms. The maximum Gasteiger partial charge on any atom is 0.0615 e. The van der Waals surface area contributed by atoms with Crippen LogP contribution in [0, 0.1) is 6.92 Å². The lowest BCUT2D eigenvalue weighted by Gasteiger charge is -2.05. The summed E-state index contributed by atoms with van der Waals surface area (Å²) in [6, 6.07) is 12.5. The molecule has 0 aromatic heterocycles. The summed E-state index contributed by atoms with van der Waals surface area (Å²) in [5.41, 5.74) is 2.43. The van der Waals surface area contributed by atoms with Crippen LogP contribution in [-0.4, -0.2) is 11.7 Å². The Balaban J connectivity index is 2.68. The zero-order valence-electron chi connectivity index (χ0n) is 8.77. The molecule has 0 saturated heterocycles. The quantitative estimate of drug-likeness (QED) is 0.786. The maximum absolute atomic E-state index is 8.80. The molecular weight excluding hydrogens is 184 g/mol. The minimum Gasteiger partial charge on any atom is -0.392 e. The molecule has 2 rings (SSSR count). The second kappa shape index (κ2) is 4.28. The van der Waals surface area contributed by atoms with Crippen LogP contribution in [0.1, 0.15) is 11.1 Å². The van der Waals surface area contributed by atoms with Crippen molar-refractivity contribution in [1.82, 2.24) is 0 Å². The van der Waals surface area contributed by atoms with Crippen LogP contribution >= 0.6 is 0 Å². The molecule has 0 bridgehead atoms. The Morgan fingerprint density at radius 1 is 1.13 bits per heavy atom. The minimum absolute atomic E-state index is 0.0860. The van der Waals surface area contributed by atoms with Crippen molar-refractivity contribution in [2.75, 3.05) is 6.61 Å². The van der Waals surface area contributed by atoms with Gasteiger partial charge >= 0.3 is 0 Å². The molecule has 0 fully saturated rings. The van der Waals surface area contributed by atoms with Crippen molar-refractivity contribution in [2.24, 2.45) is 0 Å². The van der Waals surface area contributed by atoms with Crippen molar-refractivity contribution in [3.05, 3.63) is 53.6 Å². The van der Waals surface area contributed by atoms with Crippen molar-refractivity contribution in [3.8, 4) is 0 Å². The predicted molar refractivity (Wildman–Crippen MR) is 64.8 cm³/mol. The first-order chi connectivity index (χ1) is 7.33. The van der Waals surface area contributed by atoms with Crippen LogP contribution in [0.15, 0.2) is 42.5 Å². The fraction of sp³-hybridized carbons (Fsp3) is 0.143. The number of hydrogen-bond donors (Lipinski definition) is 1. The van der Waals surface area contributed by atoms with Crippen molar-refractivity contribution >= 4 is 16.8 Å². The molecule has 0 atom stereocenters. The fourth-order valence-corrected chi connectivity index (χ4v) is 1.80. The molecule has 1 N–H and O–H groups in total. The van der Waals surface area contributed by atoms with Crippen molar-refractivity contribution in [2.45, 2.75) is 6.92 Å². The van der Waals surface area contributed by atoms with Crippen LogP contribution in [0.5, 0.6) is 0 Å². The highest BCUT2D eigenvalue weighted by atomic mass is 16.2. The SMILES string of the molecule is Cc1ccc2ccccc2c1/C=C/CO. The number of fused-ring (bicyclic) bond motifs is 1. The van der Waals surface area contributed by atoms with E-state index in [0.717, 1.165) is 0 Å². The fourth-order valence-electron chi connectivity index (χ4n) is 1.80. The van der Waals surface area contributed by atoms with Gasteiger partial charge in [-0.1, -0.05) is 48.6 Å². The van der Waals surface area contributed by atoms with E-state index >= 15 is 0 Å². The van der Waals surface area contributed by atoms with Gasteiger partial charge in [0.05, 0.1) is 6.61 Å². The van der Waals surface area contributed by atoms with Gasteiger partial charge in [0.1, 0.15) is 0 Å². The lowest BCUT2D eigenvalue weighted by molar-refractivity contribution is 0.343. The van der Waals surface area contributed by atoms with E-state index in [-0.39, 0.29) is 6.61 Å². The topological polar surface area (TPSA) is 20.2 Å². The van der Waals surface area contributed by atoms with Gasteiger partial charge in [-0.15, -0.1) is 0 Å². The Morgan fingerprint density at radius 2 is 1.93 bits per heavy atom. The second-order valence-corrected chi connectivity index (χ2v) is 3.60. The summed E-state index contributed by atoms with van der Waals surface area (Å²) in [6.45, 7) is 2.17. The van der Waals surface area contributed by atoms with Crippen LogP contribution in [0.25, 0.3) is 16.8 Å². The van der Waals surface area contributed by atoms with Gasteiger partial charge in [-0.25, -0.2) is 0 Å². The molecule has 2 aromatic rings. The molecular formula is C14H14O. The molecule has 1 nitrogen and oxygen atoms in total. The van der Waals surface area contributed by atoms with Gasteiger partial charge in [0, 0.05) is 0 Å². The Bertz CT molecular complexity index is 498. The van der Waals surface area contributed by atoms with Crippen molar-refractivity contribution < 1.29 is 5.11 Å². The average molecular weight is 198 g/mol. The van der Waals surface area contributed by atoms with Crippen LogP contribution in [0.4, 0.5) is 0 Å². The number of benzene rings is 2. The molecule has 0 heterocycles. The molecule has 0 aliphatic rings. The summed E-state index contributed by atoms with van der Waals surface area (Å²) < 4.78 is 0. The molecule has 0 amide bonds. The van der Waals surface area contributed by atoms with Crippen LogP contribution < -0.4 is 0 Å². The largest absolute Gasteiger partial charge is 0.392 e. The van der Waals surface area contributed by atoms with E-state index in [4.69, 9.17) is 5.11 Å². The van der Waals surface area contributed by atoms with E-state index in [1.165, 1.54) is 21.9 Å². The second-order valence-electron chi connectivity index (χ2n) is 3.60. The van der Waals surface area contributed by atoms with Gasteiger partial charge in [-0.05, 0) is 28.8 Å². The lowest BCUT2D eigenvalue weighted by Crippen LogP contribution is -1.84. The van der Waals surface area contributed by atoms with E-state index in [0.29, 0.717) is 0 Å². The van der Waals surface area contributed by atoms with Gasteiger partial charge in [0.15, 0.2) is 0 Å². The van der Waals surface area contributed by atoms with Gasteiger partial charge in [-0.3, -0.25) is 0 Å². The molecule has 1 heteroatoms. The number of aliphatic hydroxyl groups excluding tert-OH is 1. The van der Waals surface area contributed by atoms with E-state index in [1.54, 1.807) is 6.08 Å². The molecule has 0 radical (unpaired) electrons.